The third kappa shape index (κ3) is 3.17. The molecule has 0 fully saturated rings. The van der Waals surface area contributed by atoms with Gasteiger partial charge in [0.2, 0.25) is 0 Å². The zero-order valence-electron chi connectivity index (χ0n) is 11.5. The van der Waals surface area contributed by atoms with Crippen LogP contribution in [0.4, 0.5) is 0 Å². The Bertz CT molecular complexity index is 568. The Balaban J connectivity index is 1.54. The second kappa shape index (κ2) is 6.06. The molecule has 0 saturated carbocycles. The van der Waals surface area contributed by atoms with Gasteiger partial charge in [-0.3, -0.25) is 4.98 Å². The third-order valence-electron chi connectivity index (χ3n) is 3.69. The molecule has 2 heterocycles. The number of hydrogen-bond donors (Lipinski definition) is 1. The molecule has 1 aromatic heterocycles. The molecule has 0 radical (unpaired) electrons. The van der Waals surface area contributed by atoms with Crippen molar-refractivity contribution in [2.24, 2.45) is 0 Å². The predicted molar refractivity (Wildman–Crippen MR) is 77.9 cm³/mol. The maximum absolute atomic E-state index is 10.1. The van der Waals surface area contributed by atoms with Crippen LogP contribution in [0.5, 0.6) is 5.75 Å². The Morgan fingerprint density at radius 1 is 1.25 bits per heavy atom. The minimum absolute atomic E-state index is 0.339. The lowest BCUT2D eigenvalue weighted by atomic mass is 10.0. The smallest absolute Gasteiger partial charge is 0.122 e. The van der Waals surface area contributed by atoms with E-state index < -0.39 is 0 Å². The molecule has 2 aromatic rings. The van der Waals surface area contributed by atoms with Gasteiger partial charge in [-0.2, -0.15) is 0 Å². The van der Waals surface area contributed by atoms with E-state index in [0.717, 1.165) is 37.3 Å². The van der Waals surface area contributed by atoms with Gasteiger partial charge in [0.25, 0.3) is 0 Å². The summed E-state index contributed by atoms with van der Waals surface area (Å²) in [5, 5.41) is 10.1. The van der Waals surface area contributed by atoms with Crippen LogP contribution < -0.4 is 4.74 Å². The lowest BCUT2D eigenvalue weighted by molar-refractivity contribution is 0.164. The van der Waals surface area contributed by atoms with Crippen LogP contribution in [0.2, 0.25) is 0 Å². The van der Waals surface area contributed by atoms with Crippen molar-refractivity contribution in [3.63, 3.8) is 0 Å². The highest BCUT2D eigenvalue weighted by Crippen LogP contribution is 2.26. The first-order valence-corrected chi connectivity index (χ1v) is 7.14. The van der Waals surface area contributed by atoms with Crippen LogP contribution in [0.3, 0.4) is 0 Å². The van der Waals surface area contributed by atoms with Gasteiger partial charge < -0.3 is 9.84 Å². The molecular formula is C17H19NO2. The molecule has 1 N–H and O–H groups in total. The molecule has 3 nitrogen and oxygen atoms in total. The number of rotatable bonds is 5. The first-order valence-electron chi connectivity index (χ1n) is 7.14. The number of aryl methyl sites for hydroxylation is 1. The van der Waals surface area contributed by atoms with Crippen molar-refractivity contribution in [2.45, 2.75) is 31.8 Å². The van der Waals surface area contributed by atoms with Crippen molar-refractivity contribution >= 4 is 0 Å². The fourth-order valence-electron chi connectivity index (χ4n) is 2.59. The largest absolute Gasteiger partial charge is 0.493 e. The number of aromatic nitrogens is 1. The van der Waals surface area contributed by atoms with Crippen LogP contribution in [0.25, 0.3) is 0 Å². The number of hydrogen-bond acceptors (Lipinski definition) is 3. The summed E-state index contributed by atoms with van der Waals surface area (Å²) in [5.74, 6) is 1.02. The molecule has 0 saturated heterocycles. The second-order valence-electron chi connectivity index (χ2n) is 5.26. The van der Waals surface area contributed by atoms with Gasteiger partial charge in [0.15, 0.2) is 0 Å². The maximum atomic E-state index is 10.1. The molecule has 104 valence electrons. The second-order valence-corrected chi connectivity index (χ2v) is 5.26. The summed E-state index contributed by atoms with van der Waals surface area (Å²) in [6.45, 7) is 0.793. The van der Waals surface area contributed by atoms with E-state index in [1.165, 1.54) is 11.1 Å². The van der Waals surface area contributed by atoms with Gasteiger partial charge in [0, 0.05) is 24.7 Å². The Hall–Kier alpha value is -1.87. The summed E-state index contributed by atoms with van der Waals surface area (Å²) in [5.41, 5.74) is 3.51. The lowest BCUT2D eigenvalue weighted by Crippen LogP contribution is -2.12. The third-order valence-corrected chi connectivity index (χ3v) is 3.69. The van der Waals surface area contributed by atoms with Crippen molar-refractivity contribution in [1.29, 1.82) is 0 Å². The molecule has 0 spiro atoms. The van der Waals surface area contributed by atoms with Gasteiger partial charge in [0.05, 0.1) is 12.7 Å². The Morgan fingerprint density at radius 2 is 2.20 bits per heavy atom. The van der Waals surface area contributed by atoms with Crippen LogP contribution >= 0.6 is 0 Å². The van der Waals surface area contributed by atoms with Crippen LogP contribution in [-0.4, -0.2) is 22.8 Å². The van der Waals surface area contributed by atoms with E-state index in [4.69, 9.17) is 4.74 Å². The van der Waals surface area contributed by atoms with E-state index in [2.05, 4.69) is 17.1 Å². The van der Waals surface area contributed by atoms with Crippen molar-refractivity contribution in [2.75, 3.05) is 6.61 Å². The van der Waals surface area contributed by atoms with E-state index in [1.807, 2.05) is 24.3 Å². The molecule has 0 bridgehead atoms. The first-order chi connectivity index (χ1) is 9.81. The van der Waals surface area contributed by atoms with Crippen molar-refractivity contribution in [3.05, 3.63) is 59.4 Å². The summed E-state index contributed by atoms with van der Waals surface area (Å²) in [6, 6.07) is 12.1. The van der Waals surface area contributed by atoms with Crippen LogP contribution in [0, 0.1) is 0 Å². The Morgan fingerprint density at radius 3 is 3.05 bits per heavy atom. The summed E-state index contributed by atoms with van der Waals surface area (Å²) in [6.07, 6.45) is 4.70. The van der Waals surface area contributed by atoms with Gasteiger partial charge in [-0.1, -0.05) is 18.2 Å². The van der Waals surface area contributed by atoms with Crippen molar-refractivity contribution in [1.82, 2.24) is 4.98 Å². The predicted octanol–water partition coefficient (Wildman–Crippen LogP) is 2.55. The molecular weight excluding hydrogens is 250 g/mol. The van der Waals surface area contributed by atoms with Crippen LogP contribution in [0.1, 0.15) is 23.2 Å². The summed E-state index contributed by atoms with van der Waals surface area (Å²) < 4.78 is 5.50. The molecule has 1 atom stereocenters. The van der Waals surface area contributed by atoms with E-state index in [0.29, 0.717) is 6.42 Å². The minimum atomic E-state index is -0.339. The minimum Gasteiger partial charge on any atom is -0.493 e. The number of nitrogens with zero attached hydrogens (tertiary/aromatic N) is 1. The number of aliphatic hydroxyl groups excluding tert-OH is 1. The molecule has 1 aliphatic heterocycles. The van der Waals surface area contributed by atoms with Gasteiger partial charge >= 0.3 is 0 Å². The van der Waals surface area contributed by atoms with Crippen molar-refractivity contribution in [3.8, 4) is 5.75 Å². The Labute approximate surface area is 119 Å². The van der Waals surface area contributed by atoms with Crippen LogP contribution in [0.15, 0.2) is 42.6 Å². The number of benzene rings is 1. The molecule has 1 unspecified atom stereocenters. The van der Waals surface area contributed by atoms with E-state index >= 15 is 0 Å². The SMILES string of the molecule is OC(CCc1ccc2c(c1)CCO2)Cc1ccccn1. The highest BCUT2D eigenvalue weighted by atomic mass is 16.5. The molecule has 3 rings (SSSR count). The normalized spacial score (nSPS) is 14.7. The average molecular weight is 269 g/mol. The summed E-state index contributed by atoms with van der Waals surface area (Å²) in [4.78, 5) is 4.24. The zero-order valence-corrected chi connectivity index (χ0v) is 11.5. The van der Waals surface area contributed by atoms with Gasteiger partial charge in [-0.15, -0.1) is 0 Å². The number of ether oxygens (including phenoxy) is 1. The highest BCUT2D eigenvalue weighted by molar-refractivity contribution is 5.39. The zero-order chi connectivity index (χ0) is 13.8. The average Bonchev–Trinajstić information content (AvgIpc) is 2.93. The molecule has 1 aromatic carbocycles. The summed E-state index contributed by atoms with van der Waals surface area (Å²) in [7, 11) is 0. The molecule has 3 heteroatoms. The summed E-state index contributed by atoms with van der Waals surface area (Å²) >= 11 is 0. The van der Waals surface area contributed by atoms with Crippen molar-refractivity contribution < 1.29 is 9.84 Å². The highest BCUT2D eigenvalue weighted by Gasteiger charge is 2.13. The number of pyridine rings is 1. The van der Waals surface area contributed by atoms with E-state index in [-0.39, 0.29) is 6.10 Å². The Kier molecular flexibility index (Phi) is 3.97. The first kappa shape index (κ1) is 13.1. The molecule has 1 aliphatic rings. The quantitative estimate of drug-likeness (QED) is 0.907. The standard InChI is InChI=1S/C17H19NO2/c19-16(12-15-3-1-2-9-18-15)6-4-13-5-7-17-14(11-13)8-10-20-17/h1-3,5,7,9,11,16,19H,4,6,8,10,12H2. The fraction of sp³-hybridized carbons (Fsp3) is 0.353. The van der Waals surface area contributed by atoms with Gasteiger partial charge in [0.1, 0.15) is 5.75 Å². The van der Waals surface area contributed by atoms with Crippen LogP contribution in [-0.2, 0) is 19.3 Å². The molecule has 20 heavy (non-hydrogen) atoms. The number of fused-ring (bicyclic) bond motifs is 1. The molecule has 0 amide bonds. The van der Waals surface area contributed by atoms with E-state index in [1.54, 1.807) is 6.20 Å². The topological polar surface area (TPSA) is 42.4 Å². The lowest BCUT2D eigenvalue weighted by Gasteiger charge is -2.10. The van der Waals surface area contributed by atoms with E-state index in [9.17, 15) is 5.11 Å². The monoisotopic (exact) mass is 269 g/mol. The van der Waals surface area contributed by atoms with Gasteiger partial charge in [-0.25, -0.2) is 0 Å². The maximum Gasteiger partial charge on any atom is 0.122 e. The molecule has 0 aliphatic carbocycles. The number of aliphatic hydroxyl groups is 1. The fourth-order valence-corrected chi connectivity index (χ4v) is 2.59. The van der Waals surface area contributed by atoms with Gasteiger partial charge in [-0.05, 0) is 42.2 Å².